The van der Waals surface area contributed by atoms with Crippen LogP contribution in [0.5, 0.6) is 0 Å². The Bertz CT molecular complexity index is 1270. The summed E-state index contributed by atoms with van der Waals surface area (Å²) in [6.07, 6.45) is -7.07. The number of carbonyl (C=O) groups is 4. The van der Waals surface area contributed by atoms with E-state index in [4.69, 9.17) is 34.0 Å². The molecule has 0 radical (unpaired) electrons. The van der Waals surface area contributed by atoms with Crippen molar-refractivity contribution in [1.29, 1.82) is 0 Å². The van der Waals surface area contributed by atoms with E-state index < -0.39 is 78.9 Å². The first kappa shape index (κ1) is 33.9. The number of alkyl carbamates (subject to hydrolysis) is 1. The monoisotopic (exact) mass is 617 g/mol. The molecule has 17 nitrogen and oxygen atoms in total. The second kappa shape index (κ2) is 16.3. The van der Waals surface area contributed by atoms with Gasteiger partial charge in [-0.05, 0) is 42.8 Å². The Balaban J connectivity index is 1.84. The summed E-state index contributed by atoms with van der Waals surface area (Å²) in [5.74, 6) is -2.15. The van der Waals surface area contributed by atoms with Crippen molar-refractivity contribution in [1.82, 2.24) is 5.32 Å². The fraction of sp³-hybridized carbons (Fsp3) is 0.630. The molecule has 1 heterocycles. The van der Waals surface area contributed by atoms with Gasteiger partial charge in [0.2, 0.25) is 0 Å². The minimum absolute atomic E-state index is 0.0610. The van der Waals surface area contributed by atoms with E-state index in [2.05, 4.69) is 25.4 Å². The molecule has 0 bridgehead atoms. The van der Waals surface area contributed by atoms with Gasteiger partial charge in [0.15, 0.2) is 18.5 Å². The van der Waals surface area contributed by atoms with Crippen molar-refractivity contribution in [2.45, 2.75) is 108 Å². The van der Waals surface area contributed by atoms with E-state index in [9.17, 15) is 24.7 Å². The largest absolute Gasteiger partial charge is 0.458 e. The molecule has 2 fully saturated rings. The van der Waals surface area contributed by atoms with Crippen molar-refractivity contribution in [3.05, 3.63) is 56.8 Å². The van der Waals surface area contributed by atoms with Gasteiger partial charge in [-0.2, -0.15) is 0 Å². The topological polar surface area (TPSA) is 233 Å². The van der Waals surface area contributed by atoms with E-state index in [1.54, 1.807) is 6.92 Å². The number of rotatable bonds is 11. The third kappa shape index (κ3) is 9.74. The predicted octanol–water partition coefficient (Wildman–Crippen LogP) is 3.75. The van der Waals surface area contributed by atoms with Crippen molar-refractivity contribution < 1.29 is 47.6 Å². The zero-order chi connectivity index (χ0) is 32.2. The maximum atomic E-state index is 12.5. The van der Waals surface area contributed by atoms with Crippen LogP contribution in [0.1, 0.15) is 52.5 Å². The van der Waals surface area contributed by atoms with Crippen molar-refractivity contribution in [3.8, 4) is 0 Å². The Hall–Kier alpha value is -4.56. The van der Waals surface area contributed by atoms with E-state index in [1.807, 2.05) is 30.3 Å². The van der Waals surface area contributed by atoms with Crippen LogP contribution < -0.4 is 5.32 Å². The number of hydrogen-bond donors (Lipinski definition) is 1. The minimum Gasteiger partial charge on any atom is -0.458 e. The zero-order valence-electron chi connectivity index (χ0n) is 24.7. The van der Waals surface area contributed by atoms with Gasteiger partial charge in [-0.25, -0.2) is 4.79 Å². The number of ether oxygens (including phenoxy) is 6. The van der Waals surface area contributed by atoms with Gasteiger partial charge in [-0.3, -0.25) is 14.4 Å². The molecule has 238 valence electrons. The van der Waals surface area contributed by atoms with Gasteiger partial charge >= 0.3 is 24.0 Å². The molecule has 2 aliphatic rings. The van der Waals surface area contributed by atoms with E-state index >= 15 is 0 Å². The quantitative estimate of drug-likeness (QED) is 0.124. The highest BCUT2D eigenvalue weighted by atomic mass is 16.7. The van der Waals surface area contributed by atoms with Crippen LogP contribution >= 0.6 is 0 Å². The molecule has 1 N–H and O–H groups in total. The molecule has 1 amide bonds. The summed E-state index contributed by atoms with van der Waals surface area (Å²) in [6, 6.07) is 6.38. The van der Waals surface area contributed by atoms with Crippen molar-refractivity contribution in [3.63, 3.8) is 0 Å². The lowest BCUT2D eigenvalue weighted by atomic mass is 9.84. The highest BCUT2D eigenvalue weighted by Gasteiger charge is 2.51. The zero-order valence-corrected chi connectivity index (χ0v) is 24.7. The number of carbonyl (C=O) groups excluding carboxylic acids is 4. The Morgan fingerprint density at radius 1 is 0.909 bits per heavy atom. The van der Waals surface area contributed by atoms with Crippen LogP contribution in [0.25, 0.3) is 20.9 Å². The van der Waals surface area contributed by atoms with E-state index in [0.29, 0.717) is 6.42 Å². The summed E-state index contributed by atoms with van der Waals surface area (Å²) < 4.78 is 34.0. The third-order valence-corrected chi connectivity index (χ3v) is 6.97. The van der Waals surface area contributed by atoms with Gasteiger partial charge < -0.3 is 33.7 Å². The Labute approximate surface area is 252 Å². The third-order valence-electron chi connectivity index (χ3n) is 6.97. The summed E-state index contributed by atoms with van der Waals surface area (Å²) >= 11 is 0. The summed E-state index contributed by atoms with van der Waals surface area (Å²) in [5.41, 5.74) is 19.2. The second-order valence-corrected chi connectivity index (χ2v) is 10.3. The molecule has 3 unspecified atom stereocenters. The van der Waals surface area contributed by atoms with Crippen LogP contribution in [-0.2, 0) is 49.4 Å². The number of benzene rings is 1. The van der Waals surface area contributed by atoms with Gasteiger partial charge in [-0.1, -0.05) is 40.6 Å². The maximum Gasteiger partial charge on any atom is 0.407 e. The Morgan fingerprint density at radius 3 is 2.09 bits per heavy atom. The van der Waals surface area contributed by atoms with Crippen molar-refractivity contribution in [2.75, 3.05) is 0 Å². The SMILES string of the molecule is CC(=O)O[C@H]1[C@H](OC2O[C@H]([C@@H](C)NC(=O)OCc3ccccc3)CC[C@H]2OC(C)=O)C(N=[N+]=[N-])CC(N=[N+]=[N-])[C@@H]1OC(C)=O. The van der Waals surface area contributed by atoms with E-state index in [-0.39, 0.29) is 19.4 Å². The molecular formula is C27H35N7O10. The number of hydrogen-bond acceptors (Lipinski definition) is 12. The predicted molar refractivity (Wildman–Crippen MR) is 149 cm³/mol. The van der Waals surface area contributed by atoms with Crippen molar-refractivity contribution in [2.24, 2.45) is 10.2 Å². The Kier molecular flexibility index (Phi) is 12.6. The molecule has 1 aliphatic heterocycles. The number of amides is 1. The highest BCUT2D eigenvalue weighted by Crippen LogP contribution is 2.35. The first-order valence-electron chi connectivity index (χ1n) is 13.9. The molecule has 9 atom stereocenters. The summed E-state index contributed by atoms with van der Waals surface area (Å²) in [6.45, 7) is 5.21. The average Bonchev–Trinajstić information content (AvgIpc) is 2.96. The number of nitrogens with one attached hydrogen (secondary N) is 1. The molecule has 1 aromatic carbocycles. The van der Waals surface area contributed by atoms with E-state index in [0.717, 1.165) is 19.4 Å². The van der Waals surface area contributed by atoms with Crippen LogP contribution in [0.4, 0.5) is 4.79 Å². The van der Waals surface area contributed by atoms with Crippen LogP contribution in [-0.4, -0.2) is 78.9 Å². The molecule has 17 heteroatoms. The Morgan fingerprint density at radius 2 is 1.50 bits per heavy atom. The first-order valence-corrected chi connectivity index (χ1v) is 13.9. The van der Waals surface area contributed by atoms with Gasteiger partial charge in [0.1, 0.15) is 18.8 Å². The van der Waals surface area contributed by atoms with Crippen LogP contribution in [0.15, 0.2) is 40.6 Å². The fourth-order valence-electron chi connectivity index (χ4n) is 5.14. The molecule has 0 aromatic heterocycles. The molecule has 0 spiro atoms. The second-order valence-electron chi connectivity index (χ2n) is 10.3. The smallest absolute Gasteiger partial charge is 0.407 e. The summed E-state index contributed by atoms with van der Waals surface area (Å²) in [5, 5.41) is 10.1. The molecule has 1 saturated heterocycles. The van der Waals surface area contributed by atoms with E-state index in [1.165, 1.54) is 6.92 Å². The summed E-state index contributed by atoms with van der Waals surface area (Å²) in [7, 11) is 0. The lowest BCUT2D eigenvalue weighted by Gasteiger charge is -2.45. The lowest BCUT2D eigenvalue weighted by molar-refractivity contribution is -0.287. The van der Waals surface area contributed by atoms with Crippen LogP contribution in [0.2, 0.25) is 0 Å². The average molecular weight is 618 g/mol. The van der Waals surface area contributed by atoms with Gasteiger partial charge in [0.25, 0.3) is 0 Å². The lowest BCUT2D eigenvalue weighted by Crippen LogP contribution is -2.61. The van der Waals surface area contributed by atoms with Gasteiger partial charge in [0, 0.05) is 30.6 Å². The maximum absolute atomic E-state index is 12.5. The van der Waals surface area contributed by atoms with Crippen LogP contribution in [0, 0.1) is 0 Å². The van der Waals surface area contributed by atoms with Gasteiger partial charge in [-0.15, -0.1) is 0 Å². The summed E-state index contributed by atoms with van der Waals surface area (Å²) in [4.78, 5) is 54.1. The minimum atomic E-state index is -1.40. The number of azide groups is 2. The fourth-order valence-corrected chi connectivity index (χ4v) is 5.14. The molecule has 3 rings (SSSR count). The molecule has 1 aliphatic carbocycles. The molecular weight excluding hydrogens is 582 g/mol. The van der Waals surface area contributed by atoms with Crippen LogP contribution in [0.3, 0.4) is 0 Å². The molecule has 1 saturated carbocycles. The standard InChI is InChI=1S/C27H35N7O10/c1-14(30-27(38)39-13-18-8-6-5-7-9-18)21-10-11-22(40-15(2)35)26(43-21)44-24-20(32-34-29)12-19(31-33-28)23(41-16(3)36)25(24)42-17(4)37/h5-9,14,19-26H,10-13H2,1-4H3,(H,30,38)/t14-,19?,20?,21+,22-,23+,24-,25-,26?/m1/s1. The highest BCUT2D eigenvalue weighted by molar-refractivity contribution is 5.68. The number of esters is 3. The first-order chi connectivity index (χ1) is 21.0. The normalized spacial score (nSPS) is 28.5. The molecule has 1 aromatic rings. The molecule has 44 heavy (non-hydrogen) atoms. The number of nitrogens with zero attached hydrogens (tertiary/aromatic N) is 6. The van der Waals surface area contributed by atoms with Crippen molar-refractivity contribution >= 4 is 24.0 Å². The van der Waals surface area contributed by atoms with Gasteiger partial charge in [0.05, 0.1) is 24.2 Å².